The number of benzene rings is 1. The molecule has 0 aromatic heterocycles. The van der Waals surface area contributed by atoms with Gasteiger partial charge in [0.25, 0.3) is 0 Å². The minimum Gasteiger partial charge on any atom is -0.337 e. The molecule has 0 radical (unpaired) electrons. The molecule has 0 spiro atoms. The summed E-state index contributed by atoms with van der Waals surface area (Å²) in [4.78, 5) is 14.2. The smallest absolute Gasteiger partial charge is 0.319 e. The first kappa shape index (κ1) is 20.4. The highest BCUT2D eigenvalue weighted by Gasteiger charge is 2.16. The van der Waals surface area contributed by atoms with Crippen LogP contribution in [0, 0.1) is 0 Å². The number of urea groups is 1. The number of rotatable bonds is 8. The summed E-state index contributed by atoms with van der Waals surface area (Å²) in [6.45, 7) is 5.58. The zero-order valence-electron chi connectivity index (χ0n) is 15.0. The second kappa shape index (κ2) is 9.00. The van der Waals surface area contributed by atoms with Crippen molar-refractivity contribution in [2.45, 2.75) is 31.2 Å². The molecule has 0 fully saturated rings. The number of nitrogens with zero attached hydrogens (tertiary/aromatic N) is 2. The molecule has 0 saturated carbocycles. The van der Waals surface area contributed by atoms with Gasteiger partial charge in [0, 0.05) is 38.9 Å². The Hall–Kier alpha value is -1.64. The largest absolute Gasteiger partial charge is 0.337 e. The van der Waals surface area contributed by atoms with Crippen LogP contribution in [-0.2, 0) is 10.0 Å². The second-order valence-corrected chi connectivity index (χ2v) is 8.08. The monoisotopic (exact) mass is 356 g/mol. The number of carbonyl (C=O) groups is 1. The van der Waals surface area contributed by atoms with Crippen molar-refractivity contribution in [1.29, 1.82) is 0 Å². The second-order valence-electron chi connectivity index (χ2n) is 5.93. The Balaban J connectivity index is 2.51. The third-order valence-corrected chi connectivity index (χ3v) is 5.81. The summed E-state index contributed by atoms with van der Waals surface area (Å²) < 4.78 is 25.1. The lowest BCUT2D eigenvalue weighted by Gasteiger charge is -2.23. The summed E-state index contributed by atoms with van der Waals surface area (Å²) in [5.74, 6) is 0. The number of nitrogens with one attached hydrogen (secondary N) is 2. The predicted octanol–water partition coefficient (Wildman–Crippen LogP) is 1.79. The fraction of sp³-hybridized carbons (Fsp3) is 0.562. The Morgan fingerprint density at radius 2 is 1.75 bits per heavy atom. The summed E-state index contributed by atoms with van der Waals surface area (Å²) >= 11 is 0. The average molecular weight is 356 g/mol. The van der Waals surface area contributed by atoms with Crippen molar-refractivity contribution >= 4 is 21.7 Å². The molecule has 1 unspecified atom stereocenters. The SMILES string of the molecule is CCC(C)N(C)CCNC(=O)Nc1ccc(S(=O)(=O)N(C)C)cc1. The van der Waals surface area contributed by atoms with Crippen molar-refractivity contribution in [3.63, 3.8) is 0 Å². The van der Waals surface area contributed by atoms with Gasteiger partial charge in [-0.05, 0) is 44.7 Å². The molecule has 1 aromatic rings. The van der Waals surface area contributed by atoms with Crippen LogP contribution in [0.1, 0.15) is 20.3 Å². The van der Waals surface area contributed by atoms with Gasteiger partial charge in [0.1, 0.15) is 0 Å². The lowest BCUT2D eigenvalue weighted by atomic mass is 10.2. The fourth-order valence-corrected chi connectivity index (χ4v) is 2.88. The highest BCUT2D eigenvalue weighted by atomic mass is 32.2. The summed E-state index contributed by atoms with van der Waals surface area (Å²) in [7, 11) is 1.52. The van der Waals surface area contributed by atoms with Gasteiger partial charge in [0.05, 0.1) is 4.90 Å². The van der Waals surface area contributed by atoms with E-state index in [0.29, 0.717) is 18.3 Å². The van der Waals surface area contributed by atoms with Gasteiger partial charge in [0.2, 0.25) is 10.0 Å². The van der Waals surface area contributed by atoms with Crippen LogP contribution in [0.2, 0.25) is 0 Å². The Bertz CT molecular complexity index is 629. The number of likely N-dealkylation sites (N-methyl/N-ethyl adjacent to an activating group) is 1. The highest BCUT2D eigenvalue weighted by molar-refractivity contribution is 7.89. The van der Waals surface area contributed by atoms with Gasteiger partial charge in [-0.2, -0.15) is 0 Å². The normalized spacial score (nSPS) is 13.1. The van der Waals surface area contributed by atoms with Gasteiger partial charge < -0.3 is 15.5 Å². The van der Waals surface area contributed by atoms with E-state index in [1.165, 1.54) is 26.2 Å². The van der Waals surface area contributed by atoms with Crippen molar-refractivity contribution in [1.82, 2.24) is 14.5 Å². The van der Waals surface area contributed by atoms with Crippen molar-refractivity contribution < 1.29 is 13.2 Å². The van der Waals surface area contributed by atoms with Crippen LogP contribution in [0.25, 0.3) is 0 Å². The van der Waals surface area contributed by atoms with Crippen LogP contribution in [0.5, 0.6) is 0 Å². The molecule has 1 atom stereocenters. The maximum Gasteiger partial charge on any atom is 0.319 e. The molecule has 8 heteroatoms. The molecule has 1 aromatic carbocycles. The zero-order chi connectivity index (χ0) is 18.3. The molecule has 2 amide bonds. The van der Waals surface area contributed by atoms with Gasteiger partial charge in [-0.15, -0.1) is 0 Å². The number of sulfonamides is 1. The van der Waals surface area contributed by atoms with Crippen molar-refractivity contribution in [2.75, 3.05) is 39.5 Å². The number of carbonyl (C=O) groups excluding carboxylic acids is 1. The van der Waals surface area contributed by atoms with E-state index in [1.54, 1.807) is 12.1 Å². The van der Waals surface area contributed by atoms with Gasteiger partial charge in [-0.3, -0.25) is 0 Å². The van der Waals surface area contributed by atoms with E-state index in [0.717, 1.165) is 17.3 Å². The highest BCUT2D eigenvalue weighted by Crippen LogP contribution is 2.16. The Labute approximate surface area is 145 Å². The van der Waals surface area contributed by atoms with Crippen molar-refractivity contribution in [2.24, 2.45) is 0 Å². The minimum absolute atomic E-state index is 0.189. The molecule has 7 nitrogen and oxygen atoms in total. The first-order valence-electron chi connectivity index (χ1n) is 7.96. The predicted molar refractivity (Wildman–Crippen MR) is 96.7 cm³/mol. The van der Waals surface area contributed by atoms with E-state index in [9.17, 15) is 13.2 Å². The number of amides is 2. The topological polar surface area (TPSA) is 81.8 Å². The van der Waals surface area contributed by atoms with Crippen molar-refractivity contribution in [3.8, 4) is 0 Å². The first-order chi connectivity index (χ1) is 11.2. The molecule has 0 saturated heterocycles. The van der Waals surface area contributed by atoms with E-state index in [-0.39, 0.29) is 10.9 Å². The molecular weight excluding hydrogens is 328 g/mol. The fourth-order valence-electron chi connectivity index (χ4n) is 1.97. The van der Waals surface area contributed by atoms with Crippen LogP contribution >= 0.6 is 0 Å². The van der Waals surface area contributed by atoms with E-state index >= 15 is 0 Å². The molecule has 1 rings (SSSR count). The first-order valence-corrected chi connectivity index (χ1v) is 9.40. The summed E-state index contributed by atoms with van der Waals surface area (Å²) in [5.41, 5.74) is 0.542. The summed E-state index contributed by atoms with van der Waals surface area (Å²) in [6, 6.07) is 6.25. The van der Waals surface area contributed by atoms with E-state index < -0.39 is 10.0 Å². The lowest BCUT2D eigenvalue weighted by molar-refractivity contribution is 0.238. The van der Waals surface area contributed by atoms with Crippen molar-refractivity contribution in [3.05, 3.63) is 24.3 Å². The molecule has 136 valence electrons. The van der Waals surface area contributed by atoms with E-state index in [4.69, 9.17) is 0 Å². The summed E-state index contributed by atoms with van der Waals surface area (Å²) in [6.07, 6.45) is 1.06. The third kappa shape index (κ3) is 5.77. The van der Waals surface area contributed by atoms with Crippen LogP contribution in [0.15, 0.2) is 29.2 Å². The number of anilines is 1. The van der Waals surface area contributed by atoms with Gasteiger partial charge in [0.15, 0.2) is 0 Å². The quantitative estimate of drug-likeness (QED) is 0.744. The molecule has 0 aliphatic heterocycles. The minimum atomic E-state index is -3.46. The molecule has 24 heavy (non-hydrogen) atoms. The number of hydrogen-bond acceptors (Lipinski definition) is 4. The molecular formula is C16H28N4O3S. The van der Waals surface area contributed by atoms with Crippen LogP contribution in [0.3, 0.4) is 0 Å². The Kier molecular flexibility index (Phi) is 7.65. The standard InChI is InChI=1S/C16H28N4O3S/c1-6-13(2)20(5)12-11-17-16(21)18-14-7-9-15(10-8-14)24(22,23)19(3)4/h7-10,13H,6,11-12H2,1-5H3,(H2,17,18,21). The maximum atomic E-state index is 12.0. The van der Waals surface area contributed by atoms with Crippen LogP contribution in [-0.4, -0.2) is 63.9 Å². The van der Waals surface area contributed by atoms with Crippen LogP contribution in [0.4, 0.5) is 10.5 Å². The zero-order valence-corrected chi connectivity index (χ0v) is 15.9. The molecule has 0 bridgehead atoms. The third-order valence-electron chi connectivity index (χ3n) is 3.98. The average Bonchev–Trinajstić information content (AvgIpc) is 2.54. The van der Waals surface area contributed by atoms with Gasteiger partial charge in [-0.25, -0.2) is 17.5 Å². The molecule has 0 aliphatic carbocycles. The lowest BCUT2D eigenvalue weighted by Crippen LogP contribution is -2.38. The van der Waals surface area contributed by atoms with E-state index in [2.05, 4.69) is 29.4 Å². The number of hydrogen-bond donors (Lipinski definition) is 2. The van der Waals surface area contributed by atoms with Gasteiger partial charge in [-0.1, -0.05) is 6.92 Å². The van der Waals surface area contributed by atoms with E-state index in [1.807, 2.05) is 7.05 Å². The molecule has 2 N–H and O–H groups in total. The molecule has 0 heterocycles. The summed E-state index contributed by atoms with van der Waals surface area (Å²) in [5, 5.41) is 5.48. The Morgan fingerprint density at radius 3 is 2.25 bits per heavy atom. The Morgan fingerprint density at radius 1 is 1.17 bits per heavy atom. The van der Waals surface area contributed by atoms with Gasteiger partial charge >= 0.3 is 6.03 Å². The van der Waals surface area contributed by atoms with Crippen LogP contribution < -0.4 is 10.6 Å². The molecule has 0 aliphatic rings. The maximum absolute atomic E-state index is 12.0.